The molecule has 2 N–H and O–H groups in total. The molecule has 1 aromatic heterocycles. The van der Waals surface area contributed by atoms with Gasteiger partial charge in [0.25, 0.3) is 0 Å². The van der Waals surface area contributed by atoms with Crippen molar-refractivity contribution in [3.63, 3.8) is 0 Å². The topological polar surface area (TPSA) is 88.2 Å². The van der Waals surface area contributed by atoms with Crippen molar-refractivity contribution in [1.29, 1.82) is 0 Å². The standard InChI is InChI=1S/C15H23N3O3S2/c1-9-7-16-14(22-9)13(11-4-5-11)18-15(19)17-12-6-3-10(2)23(20,21)8-12/h7,10-13H,3-6,8H2,1-2H3,(H2,17,18,19). The van der Waals surface area contributed by atoms with Gasteiger partial charge in [-0.3, -0.25) is 0 Å². The van der Waals surface area contributed by atoms with Crippen LogP contribution in [0.25, 0.3) is 0 Å². The summed E-state index contributed by atoms with van der Waals surface area (Å²) in [7, 11) is -3.09. The number of amides is 2. The van der Waals surface area contributed by atoms with E-state index < -0.39 is 9.84 Å². The van der Waals surface area contributed by atoms with Crippen LogP contribution in [0.3, 0.4) is 0 Å². The van der Waals surface area contributed by atoms with Gasteiger partial charge < -0.3 is 10.6 Å². The maximum Gasteiger partial charge on any atom is 0.315 e. The summed E-state index contributed by atoms with van der Waals surface area (Å²) in [5, 5.41) is 6.46. The average molecular weight is 358 g/mol. The summed E-state index contributed by atoms with van der Waals surface area (Å²) in [6, 6.07) is -0.647. The smallest absolute Gasteiger partial charge is 0.315 e. The van der Waals surface area contributed by atoms with Crippen molar-refractivity contribution in [1.82, 2.24) is 15.6 Å². The number of hydrogen-bond acceptors (Lipinski definition) is 5. The summed E-state index contributed by atoms with van der Waals surface area (Å²) in [5.74, 6) is 0.480. The molecule has 0 radical (unpaired) electrons. The average Bonchev–Trinajstić information content (AvgIpc) is 3.22. The third kappa shape index (κ3) is 4.03. The Morgan fingerprint density at radius 3 is 2.65 bits per heavy atom. The van der Waals surface area contributed by atoms with E-state index in [4.69, 9.17) is 0 Å². The first-order valence-electron chi connectivity index (χ1n) is 8.06. The summed E-state index contributed by atoms with van der Waals surface area (Å²) in [4.78, 5) is 17.8. The van der Waals surface area contributed by atoms with Crippen molar-refractivity contribution in [2.45, 2.75) is 56.9 Å². The number of aromatic nitrogens is 1. The Kier molecular flexibility index (Phi) is 4.64. The second-order valence-corrected chi connectivity index (χ2v) is 10.4. The van der Waals surface area contributed by atoms with E-state index in [1.54, 1.807) is 18.3 Å². The third-order valence-electron chi connectivity index (χ3n) is 4.59. The molecule has 0 bridgehead atoms. The number of sulfone groups is 1. The molecule has 2 aliphatic rings. The van der Waals surface area contributed by atoms with Gasteiger partial charge in [-0.25, -0.2) is 18.2 Å². The molecule has 23 heavy (non-hydrogen) atoms. The van der Waals surface area contributed by atoms with Gasteiger partial charge in [-0.2, -0.15) is 0 Å². The molecule has 2 heterocycles. The van der Waals surface area contributed by atoms with E-state index >= 15 is 0 Å². The Hall–Kier alpha value is -1.15. The number of nitrogens with one attached hydrogen (secondary N) is 2. The fourth-order valence-electron chi connectivity index (χ4n) is 2.95. The summed E-state index contributed by atoms with van der Waals surface area (Å²) in [6.07, 6.45) is 5.32. The van der Waals surface area contributed by atoms with Crippen molar-refractivity contribution in [3.8, 4) is 0 Å². The Morgan fingerprint density at radius 2 is 2.09 bits per heavy atom. The van der Waals surface area contributed by atoms with Crippen molar-refractivity contribution < 1.29 is 13.2 Å². The van der Waals surface area contributed by atoms with E-state index in [0.29, 0.717) is 18.8 Å². The van der Waals surface area contributed by atoms with E-state index in [1.165, 1.54) is 0 Å². The molecule has 1 aliphatic heterocycles. The van der Waals surface area contributed by atoms with Crippen molar-refractivity contribution in [3.05, 3.63) is 16.1 Å². The molecule has 1 saturated carbocycles. The third-order valence-corrected chi connectivity index (χ3v) is 7.91. The normalized spacial score (nSPS) is 28.1. The molecule has 2 fully saturated rings. The SMILES string of the molecule is Cc1cnc(C(NC(=O)NC2CCC(C)S(=O)(=O)C2)C2CC2)s1. The first-order chi connectivity index (χ1) is 10.8. The summed E-state index contributed by atoms with van der Waals surface area (Å²) >= 11 is 1.60. The Labute approximate surface area is 141 Å². The molecular formula is C15H23N3O3S2. The first-order valence-corrected chi connectivity index (χ1v) is 10.6. The number of rotatable bonds is 4. The molecule has 128 valence electrons. The van der Waals surface area contributed by atoms with Gasteiger partial charge in [-0.05, 0) is 45.4 Å². The van der Waals surface area contributed by atoms with Gasteiger partial charge in [-0.1, -0.05) is 0 Å². The summed E-state index contributed by atoms with van der Waals surface area (Å²) < 4.78 is 23.9. The number of carbonyl (C=O) groups excluding carboxylic acids is 1. The van der Waals surface area contributed by atoms with Crippen LogP contribution < -0.4 is 10.6 Å². The lowest BCUT2D eigenvalue weighted by molar-refractivity contribution is 0.231. The molecule has 1 aliphatic carbocycles. The fraction of sp³-hybridized carbons (Fsp3) is 0.733. The van der Waals surface area contributed by atoms with Crippen molar-refractivity contribution in [2.75, 3.05) is 5.75 Å². The first kappa shape index (κ1) is 16.7. The van der Waals surface area contributed by atoms with Crippen LogP contribution in [0.4, 0.5) is 4.79 Å². The molecule has 1 saturated heterocycles. The fourth-order valence-corrected chi connectivity index (χ4v) is 5.51. The number of hydrogen-bond donors (Lipinski definition) is 2. The Balaban J connectivity index is 1.60. The lowest BCUT2D eigenvalue weighted by atomic mass is 10.1. The number of nitrogens with zero attached hydrogens (tertiary/aromatic N) is 1. The maximum atomic E-state index is 12.3. The van der Waals surface area contributed by atoms with Crippen LogP contribution in [0.15, 0.2) is 6.20 Å². The van der Waals surface area contributed by atoms with Gasteiger partial charge in [0, 0.05) is 17.1 Å². The van der Waals surface area contributed by atoms with Crippen LogP contribution >= 0.6 is 11.3 Å². The minimum atomic E-state index is -3.09. The molecular weight excluding hydrogens is 334 g/mol. The van der Waals surface area contributed by atoms with Gasteiger partial charge in [-0.15, -0.1) is 11.3 Å². The molecule has 2 amide bonds. The minimum absolute atomic E-state index is 0.0338. The number of thiazole rings is 1. The zero-order valence-corrected chi connectivity index (χ0v) is 15.0. The highest BCUT2D eigenvalue weighted by Crippen LogP contribution is 2.42. The zero-order chi connectivity index (χ0) is 16.6. The second-order valence-electron chi connectivity index (χ2n) is 6.66. The van der Waals surface area contributed by atoms with Crippen LogP contribution in [-0.4, -0.2) is 36.5 Å². The highest BCUT2D eigenvalue weighted by atomic mass is 32.2. The van der Waals surface area contributed by atoms with Crippen LogP contribution in [0.1, 0.15) is 48.5 Å². The molecule has 0 aromatic carbocycles. The molecule has 0 spiro atoms. The van der Waals surface area contributed by atoms with E-state index in [0.717, 1.165) is 22.7 Å². The molecule has 3 atom stereocenters. The zero-order valence-electron chi connectivity index (χ0n) is 13.4. The number of aryl methyl sites for hydroxylation is 1. The van der Waals surface area contributed by atoms with E-state index in [2.05, 4.69) is 15.6 Å². The quantitative estimate of drug-likeness (QED) is 0.864. The van der Waals surface area contributed by atoms with Gasteiger partial charge >= 0.3 is 6.03 Å². The van der Waals surface area contributed by atoms with Gasteiger partial charge in [0.2, 0.25) is 0 Å². The molecule has 3 rings (SSSR count). The van der Waals surface area contributed by atoms with Crippen LogP contribution in [0, 0.1) is 12.8 Å². The van der Waals surface area contributed by atoms with E-state index in [1.807, 2.05) is 13.1 Å². The lowest BCUT2D eigenvalue weighted by Crippen LogP contribution is -2.49. The molecule has 1 aromatic rings. The Bertz CT molecular complexity index is 682. The predicted octanol–water partition coefficient (Wildman–Crippen LogP) is 2.17. The van der Waals surface area contributed by atoms with E-state index in [-0.39, 0.29) is 29.1 Å². The maximum absolute atomic E-state index is 12.3. The van der Waals surface area contributed by atoms with E-state index in [9.17, 15) is 13.2 Å². The second kappa shape index (κ2) is 6.39. The number of carbonyl (C=O) groups is 1. The number of urea groups is 1. The lowest BCUT2D eigenvalue weighted by Gasteiger charge is -2.28. The van der Waals surface area contributed by atoms with Crippen LogP contribution in [0.5, 0.6) is 0 Å². The van der Waals surface area contributed by atoms with Gasteiger partial charge in [0.1, 0.15) is 5.01 Å². The van der Waals surface area contributed by atoms with Crippen molar-refractivity contribution >= 4 is 27.2 Å². The summed E-state index contributed by atoms with van der Waals surface area (Å²) in [5.41, 5.74) is 0. The van der Waals surface area contributed by atoms with Crippen LogP contribution in [-0.2, 0) is 9.84 Å². The largest absolute Gasteiger partial charge is 0.334 e. The van der Waals surface area contributed by atoms with Crippen LogP contribution in [0.2, 0.25) is 0 Å². The summed E-state index contributed by atoms with van der Waals surface area (Å²) in [6.45, 7) is 3.73. The van der Waals surface area contributed by atoms with Gasteiger partial charge in [0.05, 0.1) is 17.0 Å². The molecule has 8 heteroatoms. The molecule has 3 unspecified atom stereocenters. The highest BCUT2D eigenvalue weighted by Gasteiger charge is 2.36. The van der Waals surface area contributed by atoms with Crippen molar-refractivity contribution in [2.24, 2.45) is 5.92 Å². The predicted molar refractivity (Wildman–Crippen MR) is 90.3 cm³/mol. The Morgan fingerprint density at radius 1 is 1.35 bits per heavy atom. The minimum Gasteiger partial charge on any atom is -0.334 e. The monoisotopic (exact) mass is 357 g/mol. The molecule has 6 nitrogen and oxygen atoms in total. The highest BCUT2D eigenvalue weighted by molar-refractivity contribution is 7.92. The van der Waals surface area contributed by atoms with Gasteiger partial charge in [0.15, 0.2) is 9.84 Å².